The molecule has 3 heterocycles. The molecule has 0 aliphatic carbocycles. The monoisotopic (exact) mass is 565 g/mol. The molecule has 9 nitrogen and oxygen atoms in total. The van der Waals surface area contributed by atoms with Crippen molar-refractivity contribution in [2.75, 3.05) is 37.4 Å². The molecule has 2 aromatic heterocycles. The number of pyridine rings is 1. The first-order valence-electron chi connectivity index (χ1n) is 13.2. The van der Waals surface area contributed by atoms with Gasteiger partial charge in [0.25, 0.3) is 0 Å². The molecule has 5 rings (SSSR count). The summed E-state index contributed by atoms with van der Waals surface area (Å²) >= 11 is 0. The largest absolute Gasteiger partial charge is 0.438 e. The average molecular weight is 566 g/mol. The summed E-state index contributed by atoms with van der Waals surface area (Å²) in [6.07, 6.45) is 0.290. The Hall–Kier alpha value is -4.45. The second-order valence-corrected chi connectivity index (χ2v) is 10.0. The van der Waals surface area contributed by atoms with Crippen molar-refractivity contribution in [2.24, 2.45) is 0 Å². The first kappa shape index (κ1) is 28.1. The Morgan fingerprint density at radius 1 is 1.02 bits per heavy atom. The van der Waals surface area contributed by atoms with Gasteiger partial charge in [-0.25, -0.2) is 14.8 Å². The number of halogens is 3. The van der Waals surface area contributed by atoms with E-state index in [0.717, 1.165) is 54.8 Å². The fourth-order valence-corrected chi connectivity index (χ4v) is 4.71. The van der Waals surface area contributed by atoms with Gasteiger partial charge in [0.15, 0.2) is 0 Å². The lowest BCUT2D eigenvalue weighted by molar-refractivity contribution is -0.141. The third kappa shape index (κ3) is 7.01. The number of urea groups is 1. The van der Waals surface area contributed by atoms with Crippen molar-refractivity contribution < 1.29 is 22.7 Å². The van der Waals surface area contributed by atoms with Crippen LogP contribution >= 0.6 is 0 Å². The van der Waals surface area contributed by atoms with Crippen molar-refractivity contribution in [1.82, 2.24) is 25.2 Å². The number of piperidine rings is 1. The van der Waals surface area contributed by atoms with E-state index in [1.165, 1.54) is 12.4 Å². The summed E-state index contributed by atoms with van der Waals surface area (Å²) in [5.74, 6) is 0.957. The van der Waals surface area contributed by atoms with E-state index >= 15 is 0 Å². The van der Waals surface area contributed by atoms with Crippen molar-refractivity contribution >= 4 is 28.3 Å². The predicted molar refractivity (Wildman–Crippen MR) is 150 cm³/mol. The molecule has 0 unspecified atom stereocenters. The van der Waals surface area contributed by atoms with Gasteiger partial charge in [-0.15, -0.1) is 0 Å². The number of nitrogens with zero attached hydrogens (tertiary/aromatic N) is 5. The minimum absolute atomic E-state index is 0.0228. The van der Waals surface area contributed by atoms with Gasteiger partial charge >= 0.3 is 12.2 Å². The summed E-state index contributed by atoms with van der Waals surface area (Å²) in [5.41, 5.74) is 1.89. The van der Waals surface area contributed by atoms with Gasteiger partial charge in [0.1, 0.15) is 17.8 Å². The molecule has 12 heteroatoms. The van der Waals surface area contributed by atoms with Crippen LogP contribution in [0.5, 0.6) is 11.6 Å². The molecule has 214 valence electrons. The number of carbonyl (C=O) groups is 1. The maximum atomic E-state index is 12.6. The summed E-state index contributed by atoms with van der Waals surface area (Å²) in [6, 6.07) is 15.1. The lowest BCUT2D eigenvalue weighted by atomic mass is 10.0. The van der Waals surface area contributed by atoms with Crippen LogP contribution in [0, 0.1) is 0 Å². The number of anilines is 2. The van der Waals surface area contributed by atoms with E-state index in [4.69, 9.17) is 4.74 Å². The fraction of sp³-hybridized carbons (Fsp3) is 0.310. The van der Waals surface area contributed by atoms with E-state index in [2.05, 4.69) is 61.6 Å². The lowest BCUT2D eigenvalue weighted by Crippen LogP contribution is -2.41. The topological polar surface area (TPSA) is 95.5 Å². The Bertz CT molecular complexity index is 1490. The molecule has 1 aliphatic rings. The molecule has 2 aromatic carbocycles. The molecule has 41 heavy (non-hydrogen) atoms. The van der Waals surface area contributed by atoms with E-state index in [0.29, 0.717) is 28.9 Å². The van der Waals surface area contributed by atoms with E-state index < -0.39 is 17.9 Å². The van der Waals surface area contributed by atoms with E-state index in [1.807, 2.05) is 6.07 Å². The summed E-state index contributed by atoms with van der Waals surface area (Å²) in [6.45, 7) is 2.01. The first-order chi connectivity index (χ1) is 19.7. The van der Waals surface area contributed by atoms with Gasteiger partial charge in [-0.2, -0.15) is 13.2 Å². The highest BCUT2D eigenvalue weighted by atomic mass is 19.4. The first-order valence-corrected chi connectivity index (χ1v) is 13.2. The molecular formula is C29H30F3N7O2. The summed E-state index contributed by atoms with van der Waals surface area (Å²) in [5, 5.41) is 6.06. The molecule has 0 saturated carbocycles. The molecule has 1 saturated heterocycles. The smallest absolute Gasteiger partial charge is 0.433 e. The number of nitrogens with one attached hydrogen (secondary N) is 2. The third-order valence-corrected chi connectivity index (χ3v) is 7.04. The fourth-order valence-electron chi connectivity index (χ4n) is 4.71. The van der Waals surface area contributed by atoms with Crippen LogP contribution in [-0.4, -0.2) is 59.1 Å². The second-order valence-electron chi connectivity index (χ2n) is 10.0. The van der Waals surface area contributed by atoms with Gasteiger partial charge < -0.3 is 25.2 Å². The molecule has 1 aliphatic heterocycles. The van der Waals surface area contributed by atoms with Crippen LogP contribution in [0.4, 0.5) is 29.3 Å². The van der Waals surface area contributed by atoms with Crippen LogP contribution in [0.3, 0.4) is 0 Å². The molecule has 2 amide bonds. The Morgan fingerprint density at radius 2 is 1.78 bits per heavy atom. The van der Waals surface area contributed by atoms with Crippen LogP contribution in [-0.2, 0) is 12.7 Å². The van der Waals surface area contributed by atoms with Gasteiger partial charge in [0.2, 0.25) is 5.88 Å². The highest BCUT2D eigenvalue weighted by molar-refractivity contribution is 5.89. The molecular weight excluding hydrogens is 535 g/mol. The van der Waals surface area contributed by atoms with Crippen LogP contribution in [0.2, 0.25) is 0 Å². The number of aromatic nitrogens is 3. The van der Waals surface area contributed by atoms with Gasteiger partial charge in [-0.05, 0) is 81.0 Å². The van der Waals surface area contributed by atoms with Crippen LogP contribution < -0.4 is 20.3 Å². The zero-order valence-electron chi connectivity index (χ0n) is 22.7. The average Bonchev–Trinajstić information content (AvgIpc) is 2.97. The van der Waals surface area contributed by atoms with Crippen molar-refractivity contribution in [2.45, 2.75) is 31.6 Å². The number of hydrogen-bond donors (Lipinski definition) is 2. The number of alkyl halides is 3. The molecule has 1 fully saturated rings. The minimum Gasteiger partial charge on any atom is -0.438 e. The normalized spacial score (nSPS) is 14.3. The van der Waals surface area contributed by atoms with E-state index in [9.17, 15) is 18.0 Å². The molecule has 4 aromatic rings. The lowest BCUT2D eigenvalue weighted by Gasteiger charge is -2.36. The molecule has 0 spiro atoms. The number of ether oxygens (including phenoxy) is 1. The molecule has 0 bridgehead atoms. The number of hydrogen-bond acceptors (Lipinski definition) is 7. The van der Waals surface area contributed by atoms with Crippen molar-refractivity contribution in [1.29, 1.82) is 0 Å². The maximum absolute atomic E-state index is 12.6. The zero-order valence-corrected chi connectivity index (χ0v) is 22.7. The maximum Gasteiger partial charge on any atom is 0.433 e. The van der Waals surface area contributed by atoms with Crippen molar-refractivity contribution in [3.63, 3.8) is 0 Å². The number of benzene rings is 2. The van der Waals surface area contributed by atoms with Crippen LogP contribution in [0.1, 0.15) is 24.1 Å². The highest BCUT2D eigenvalue weighted by Gasteiger charge is 2.32. The number of fused-ring (bicyclic) bond motifs is 1. The minimum atomic E-state index is -4.51. The van der Waals surface area contributed by atoms with Crippen LogP contribution in [0.15, 0.2) is 67.1 Å². The van der Waals surface area contributed by atoms with Gasteiger partial charge in [-0.3, -0.25) is 4.98 Å². The highest BCUT2D eigenvalue weighted by Crippen LogP contribution is 2.31. The summed E-state index contributed by atoms with van der Waals surface area (Å²) in [4.78, 5) is 29.1. The Kier molecular flexibility index (Phi) is 8.20. The third-order valence-electron chi connectivity index (χ3n) is 7.04. The van der Waals surface area contributed by atoms with Crippen molar-refractivity contribution in [3.05, 3.63) is 78.4 Å². The summed E-state index contributed by atoms with van der Waals surface area (Å²) in [7, 11) is 4.26. The number of rotatable bonds is 7. The Labute approximate surface area is 235 Å². The van der Waals surface area contributed by atoms with Gasteiger partial charge in [-0.1, -0.05) is 6.07 Å². The Balaban J connectivity index is 1.17. The molecule has 2 N–H and O–H groups in total. The second kappa shape index (κ2) is 12.0. The summed E-state index contributed by atoms with van der Waals surface area (Å²) < 4.78 is 44.0. The zero-order chi connectivity index (χ0) is 29.0. The Morgan fingerprint density at radius 3 is 2.44 bits per heavy atom. The number of carbonyl (C=O) groups excluding carboxylic acids is 1. The quantitative estimate of drug-likeness (QED) is 0.297. The predicted octanol–water partition coefficient (Wildman–Crippen LogP) is 5.69. The molecule has 0 atom stereocenters. The van der Waals surface area contributed by atoms with Gasteiger partial charge in [0.05, 0.1) is 10.9 Å². The van der Waals surface area contributed by atoms with E-state index in [-0.39, 0.29) is 6.54 Å². The number of amides is 2. The van der Waals surface area contributed by atoms with Crippen LogP contribution in [0.25, 0.3) is 10.9 Å². The SMILES string of the molecule is CN(C)C1CCN(c2ccc3c(Oc4ccc(NC(=O)NCc5ccc(C(F)(F)F)nc5)cc4)ncnc3c2)CC1. The van der Waals surface area contributed by atoms with Gasteiger partial charge in [0, 0.05) is 43.2 Å². The molecule has 0 radical (unpaired) electrons. The van der Waals surface area contributed by atoms with Crippen molar-refractivity contribution in [3.8, 4) is 11.6 Å². The standard InChI is InChI=1S/C29H30F3N7O2/c1-38(2)21-11-13-39(14-12-21)22-6-9-24-25(15-22)35-18-36-27(24)41-23-7-4-20(5-8-23)37-28(40)34-17-19-3-10-26(33-16-19)29(30,31)32/h3-10,15-16,18,21H,11-14,17H2,1-2H3,(H2,34,37,40). The van der Waals surface area contributed by atoms with E-state index in [1.54, 1.807) is 24.3 Å².